The molecule has 1 fully saturated rings. The lowest BCUT2D eigenvalue weighted by Crippen LogP contribution is -2.37. The predicted molar refractivity (Wildman–Crippen MR) is 95.5 cm³/mol. The van der Waals surface area contributed by atoms with Gasteiger partial charge in [-0.3, -0.25) is 4.90 Å². The van der Waals surface area contributed by atoms with Crippen LogP contribution in [0.5, 0.6) is 5.88 Å². The topological polar surface area (TPSA) is 53.7 Å². The number of aromatic hydroxyl groups is 1. The summed E-state index contributed by atoms with van der Waals surface area (Å²) in [4.78, 5) is 8.14. The van der Waals surface area contributed by atoms with Crippen LogP contribution in [0.2, 0.25) is 0 Å². The minimum Gasteiger partial charge on any atom is -0.492 e. The lowest BCUT2D eigenvalue weighted by Gasteiger charge is -2.37. The number of thiazole rings is 1. The Labute approximate surface area is 149 Å². The van der Waals surface area contributed by atoms with Crippen molar-refractivity contribution in [3.8, 4) is 5.88 Å². The van der Waals surface area contributed by atoms with E-state index in [9.17, 15) is 9.50 Å². The third kappa shape index (κ3) is 3.02. The molecule has 7 heteroatoms. The second kappa shape index (κ2) is 6.38. The summed E-state index contributed by atoms with van der Waals surface area (Å²) in [5.41, 5.74) is 0.852. The van der Waals surface area contributed by atoms with Gasteiger partial charge in [0.2, 0.25) is 10.8 Å². The quantitative estimate of drug-likeness (QED) is 0.773. The molecule has 3 heterocycles. The second-order valence-electron chi connectivity index (χ2n) is 6.84. The number of aromatic nitrogens is 3. The van der Waals surface area contributed by atoms with Gasteiger partial charge in [-0.15, -0.1) is 5.10 Å². The molecule has 0 unspecified atom stereocenters. The first kappa shape index (κ1) is 16.5. The molecule has 4 rings (SSSR count). The van der Waals surface area contributed by atoms with Crippen LogP contribution in [0.15, 0.2) is 24.3 Å². The van der Waals surface area contributed by atoms with Gasteiger partial charge < -0.3 is 5.11 Å². The third-order valence-electron chi connectivity index (χ3n) is 4.77. The van der Waals surface area contributed by atoms with Gasteiger partial charge in [-0.2, -0.15) is 4.52 Å². The molecule has 25 heavy (non-hydrogen) atoms. The molecule has 1 aliphatic rings. The highest BCUT2D eigenvalue weighted by atomic mass is 32.1. The number of hydrogen-bond donors (Lipinski definition) is 1. The maximum absolute atomic E-state index is 13.9. The van der Waals surface area contributed by atoms with Crippen LogP contribution in [-0.2, 0) is 0 Å². The lowest BCUT2D eigenvalue weighted by molar-refractivity contribution is 0.149. The Morgan fingerprint density at radius 3 is 2.96 bits per heavy atom. The number of benzene rings is 1. The van der Waals surface area contributed by atoms with Gasteiger partial charge in [0.05, 0.1) is 10.9 Å². The molecule has 2 atom stereocenters. The maximum atomic E-state index is 13.9. The average Bonchev–Trinajstić information content (AvgIpc) is 3.06. The average molecular weight is 360 g/mol. The molecule has 132 valence electrons. The van der Waals surface area contributed by atoms with Crippen molar-refractivity contribution in [3.63, 3.8) is 0 Å². The van der Waals surface area contributed by atoms with Crippen molar-refractivity contribution in [2.75, 3.05) is 13.1 Å². The van der Waals surface area contributed by atoms with E-state index in [1.165, 1.54) is 28.3 Å². The number of fused-ring (bicyclic) bond motifs is 1. The van der Waals surface area contributed by atoms with Crippen LogP contribution in [0.3, 0.4) is 0 Å². The summed E-state index contributed by atoms with van der Waals surface area (Å²) in [6, 6.07) is 6.47. The Hall–Kier alpha value is -1.99. The third-order valence-corrected chi connectivity index (χ3v) is 5.84. The molecule has 0 amide bonds. The van der Waals surface area contributed by atoms with Crippen LogP contribution >= 0.6 is 11.3 Å². The molecule has 0 saturated carbocycles. The second-order valence-corrected chi connectivity index (χ2v) is 7.85. The molecule has 0 radical (unpaired) electrons. The monoisotopic (exact) mass is 360 g/mol. The van der Waals surface area contributed by atoms with Crippen LogP contribution in [0.4, 0.5) is 4.39 Å². The molecule has 3 aromatic rings. The zero-order valence-corrected chi connectivity index (χ0v) is 15.1. The number of piperidine rings is 1. The molecule has 5 nitrogen and oxygen atoms in total. The Morgan fingerprint density at radius 1 is 1.40 bits per heavy atom. The minimum atomic E-state index is -0.262. The summed E-state index contributed by atoms with van der Waals surface area (Å²) in [5.74, 6) is 1.05. The smallest absolute Gasteiger partial charge is 0.230 e. The number of nitrogens with zero attached hydrogens (tertiary/aromatic N) is 4. The Kier molecular flexibility index (Phi) is 4.21. The Bertz CT molecular complexity index is 906. The van der Waals surface area contributed by atoms with E-state index in [2.05, 4.69) is 21.9 Å². The van der Waals surface area contributed by atoms with Crippen molar-refractivity contribution in [1.82, 2.24) is 19.5 Å². The van der Waals surface area contributed by atoms with Crippen LogP contribution in [0.25, 0.3) is 4.96 Å². The van der Waals surface area contributed by atoms with Gasteiger partial charge in [-0.05, 0) is 49.9 Å². The van der Waals surface area contributed by atoms with E-state index in [4.69, 9.17) is 0 Å². The van der Waals surface area contributed by atoms with Gasteiger partial charge in [-0.1, -0.05) is 30.4 Å². The van der Waals surface area contributed by atoms with E-state index in [-0.39, 0.29) is 17.7 Å². The molecule has 1 aromatic carbocycles. The first-order valence-corrected chi connectivity index (χ1v) is 9.39. The summed E-state index contributed by atoms with van der Waals surface area (Å²) < 4.78 is 15.4. The standard InChI is InChI=1S/C18H21FN4OS/c1-11-5-4-8-22(10-11)15(13-6-3-7-14(19)9-13)16-17(24)23-18(25-16)20-12(2)21-23/h3,6-7,9,11,15,24H,4-5,8,10H2,1-2H3/t11-,15-/m1/s1. The summed E-state index contributed by atoms with van der Waals surface area (Å²) in [5, 5.41) is 15.0. The fraction of sp³-hybridized carbons (Fsp3) is 0.444. The number of hydrogen-bond acceptors (Lipinski definition) is 5. The highest BCUT2D eigenvalue weighted by Crippen LogP contribution is 2.41. The van der Waals surface area contributed by atoms with Gasteiger partial charge >= 0.3 is 0 Å². The predicted octanol–water partition coefficient (Wildman–Crippen LogP) is 3.77. The van der Waals surface area contributed by atoms with Gasteiger partial charge in [-0.25, -0.2) is 9.37 Å². The largest absolute Gasteiger partial charge is 0.492 e. The molecule has 2 aromatic heterocycles. The first-order valence-electron chi connectivity index (χ1n) is 8.57. The molecule has 1 N–H and O–H groups in total. The number of halogens is 1. The van der Waals surface area contributed by atoms with Crippen LogP contribution in [-0.4, -0.2) is 37.7 Å². The fourth-order valence-corrected chi connectivity index (χ4v) is 4.85. The van der Waals surface area contributed by atoms with E-state index < -0.39 is 0 Å². The molecule has 0 bridgehead atoms. The summed E-state index contributed by atoms with van der Waals surface area (Å²) >= 11 is 1.42. The van der Waals surface area contributed by atoms with Crippen molar-refractivity contribution >= 4 is 16.3 Å². The first-order chi connectivity index (χ1) is 12.0. The van der Waals surface area contributed by atoms with Crippen molar-refractivity contribution in [1.29, 1.82) is 0 Å². The highest BCUT2D eigenvalue weighted by molar-refractivity contribution is 7.17. The molecule has 0 spiro atoms. The zero-order chi connectivity index (χ0) is 17.6. The molecular formula is C18H21FN4OS. The number of likely N-dealkylation sites (tertiary alicyclic amines) is 1. The van der Waals surface area contributed by atoms with E-state index in [0.717, 1.165) is 30.0 Å². The lowest BCUT2D eigenvalue weighted by atomic mass is 9.95. The highest BCUT2D eigenvalue weighted by Gasteiger charge is 2.31. The van der Waals surface area contributed by atoms with Gasteiger partial charge in [0.15, 0.2) is 0 Å². The van der Waals surface area contributed by atoms with E-state index in [0.29, 0.717) is 16.7 Å². The van der Waals surface area contributed by atoms with Crippen LogP contribution in [0.1, 0.15) is 42.1 Å². The zero-order valence-electron chi connectivity index (χ0n) is 14.3. The van der Waals surface area contributed by atoms with Crippen molar-refractivity contribution in [2.24, 2.45) is 5.92 Å². The number of rotatable bonds is 3. The summed E-state index contributed by atoms with van der Waals surface area (Å²) in [6.07, 6.45) is 2.31. The SMILES string of the molecule is Cc1nc2sc([C@@H](c3cccc(F)c3)N3CCC[C@@H](C)C3)c(O)n2n1. The van der Waals surface area contributed by atoms with Gasteiger partial charge in [0, 0.05) is 6.54 Å². The Morgan fingerprint density at radius 2 is 2.24 bits per heavy atom. The fourth-order valence-electron chi connectivity index (χ4n) is 3.69. The van der Waals surface area contributed by atoms with Gasteiger partial charge in [0.25, 0.3) is 0 Å². The van der Waals surface area contributed by atoms with Crippen molar-refractivity contribution in [2.45, 2.75) is 32.7 Å². The molecule has 1 aliphatic heterocycles. The molecule has 0 aliphatic carbocycles. The Balaban J connectivity index is 1.83. The number of aryl methyl sites for hydroxylation is 1. The molecule has 1 saturated heterocycles. The molecular weight excluding hydrogens is 339 g/mol. The van der Waals surface area contributed by atoms with E-state index in [1.807, 2.05) is 6.07 Å². The van der Waals surface area contributed by atoms with E-state index in [1.54, 1.807) is 19.1 Å². The summed E-state index contributed by atoms with van der Waals surface area (Å²) in [7, 11) is 0. The van der Waals surface area contributed by atoms with Crippen molar-refractivity contribution in [3.05, 3.63) is 46.3 Å². The minimum absolute atomic E-state index is 0.105. The normalized spacial score (nSPS) is 20.2. The van der Waals surface area contributed by atoms with Crippen LogP contribution in [0, 0.1) is 18.7 Å². The van der Waals surface area contributed by atoms with Gasteiger partial charge in [0.1, 0.15) is 11.6 Å². The van der Waals surface area contributed by atoms with Crippen LogP contribution < -0.4 is 0 Å². The van der Waals surface area contributed by atoms with E-state index >= 15 is 0 Å². The maximum Gasteiger partial charge on any atom is 0.230 e. The summed E-state index contributed by atoms with van der Waals surface area (Å²) in [6.45, 7) is 5.89. The van der Waals surface area contributed by atoms with Crippen molar-refractivity contribution < 1.29 is 9.50 Å².